The number of nitrogens with one attached hydrogen (secondary N) is 2. The number of amides is 3. The lowest BCUT2D eigenvalue weighted by atomic mass is 10.00. The van der Waals surface area contributed by atoms with Crippen LogP contribution in [0.2, 0.25) is 0 Å². The van der Waals surface area contributed by atoms with Gasteiger partial charge in [0.15, 0.2) is 5.82 Å². The van der Waals surface area contributed by atoms with Crippen molar-refractivity contribution in [3.05, 3.63) is 41.6 Å². The minimum Gasteiger partial charge on any atom is -0.369 e. The van der Waals surface area contributed by atoms with Gasteiger partial charge in [-0.1, -0.05) is 12.1 Å². The third-order valence-electron chi connectivity index (χ3n) is 5.49. The van der Waals surface area contributed by atoms with Gasteiger partial charge in [0.2, 0.25) is 17.7 Å². The molecular formula is C20H23N5O3. The van der Waals surface area contributed by atoms with Gasteiger partial charge in [-0.25, -0.2) is 0 Å². The number of carbonyl (C=O) groups is 3. The summed E-state index contributed by atoms with van der Waals surface area (Å²) < 4.78 is 0. The Bertz CT molecular complexity index is 916. The summed E-state index contributed by atoms with van der Waals surface area (Å²) in [5.74, 6) is -0.462. The molecule has 1 aromatic heterocycles. The number of anilines is 2. The number of hydrogen-bond acceptors (Lipinski definition) is 4. The second kappa shape index (κ2) is 7.10. The van der Waals surface area contributed by atoms with E-state index in [1.54, 1.807) is 17.0 Å². The normalized spacial score (nSPS) is 20.2. The van der Waals surface area contributed by atoms with Gasteiger partial charge in [0.1, 0.15) is 0 Å². The fraction of sp³-hybridized carbons (Fsp3) is 0.400. The van der Waals surface area contributed by atoms with E-state index >= 15 is 0 Å². The number of H-pyrrole nitrogens is 1. The molecule has 4 rings (SSSR count). The van der Waals surface area contributed by atoms with Crippen LogP contribution in [0.3, 0.4) is 0 Å². The Balaban J connectivity index is 1.40. The number of nitrogens with zero attached hydrogens (tertiary/aromatic N) is 2. The zero-order valence-corrected chi connectivity index (χ0v) is 15.6. The van der Waals surface area contributed by atoms with Crippen molar-refractivity contribution in [3.8, 4) is 0 Å². The summed E-state index contributed by atoms with van der Waals surface area (Å²) >= 11 is 0. The van der Waals surface area contributed by atoms with Crippen molar-refractivity contribution in [1.82, 2.24) is 10.2 Å². The smallest absolute Gasteiger partial charge is 0.232 e. The van der Waals surface area contributed by atoms with Crippen LogP contribution in [0.15, 0.2) is 30.3 Å². The van der Waals surface area contributed by atoms with Gasteiger partial charge in [-0.2, -0.15) is 5.10 Å². The third-order valence-corrected chi connectivity index (χ3v) is 5.49. The molecule has 2 atom stereocenters. The molecule has 2 unspecified atom stereocenters. The van der Waals surface area contributed by atoms with Crippen molar-refractivity contribution in [1.29, 1.82) is 0 Å². The molecule has 2 heterocycles. The van der Waals surface area contributed by atoms with Gasteiger partial charge in [-0.15, -0.1) is 0 Å². The van der Waals surface area contributed by atoms with Gasteiger partial charge >= 0.3 is 0 Å². The number of aromatic nitrogens is 2. The summed E-state index contributed by atoms with van der Waals surface area (Å²) in [4.78, 5) is 37.5. The molecule has 4 N–H and O–H groups in total. The Morgan fingerprint density at radius 3 is 2.61 bits per heavy atom. The fourth-order valence-electron chi connectivity index (χ4n) is 3.48. The highest BCUT2D eigenvalue weighted by Gasteiger charge is 2.34. The van der Waals surface area contributed by atoms with E-state index in [0.29, 0.717) is 24.0 Å². The second-order valence-electron chi connectivity index (χ2n) is 7.59. The minimum absolute atomic E-state index is 0.118. The van der Waals surface area contributed by atoms with Crippen molar-refractivity contribution < 1.29 is 14.4 Å². The molecule has 1 aromatic carbocycles. The number of benzene rings is 1. The molecule has 0 spiro atoms. The zero-order valence-electron chi connectivity index (χ0n) is 15.6. The first-order chi connectivity index (χ1) is 13.4. The summed E-state index contributed by atoms with van der Waals surface area (Å²) in [6, 6.07) is 9.12. The fourth-order valence-corrected chi connectivity index (χ4v) is 3.48. The van der Waals surface area contributed by atoms with Crippen molar-refractivity contribution in [2.45, 2.75) is 38.0 Å². The van der Waals surface area contributed by atoms with Crippen LogP contribution in [-0.4, -0.2) is 34.5 Å². The Kier molecular flexibility index (Phi) is 4.62. The Hall–Kier alpha value is -3.16. The lowest BCUT2D eigenvalue weighted by molar-refractivity contribution is -0.123. The quantitative estimate of drug-likeness (QED) is 0.707. The lowest BCUT2D eigenvalue weighted by Crippen LogP contribution is -2.28. The first-order valence-electron chi connectivity index (χ1n) is 9.48. The average Bonchev–Trinajstić information content (AvgIpc) is 3.30. The Morgan fingerprint density at radius 2 is 2.00 bits per heavy atom. The van der Waals surface area contributed by atoms with Crippen LogP contribution in [0, 0.1) is 5.92 Å². The number of aromatic amines is 1. The number of hydrogen-bond donors (Lipinski definition) is 3. The van der Waals surface area contributed by atoms with Gasteiger partial charge in [0.05, 0.1) is 11.8 Å². The number of carbonyl (C=O) groups excluding carboxylic acids is 3. The van der Waals surface area contributed by atoms with E-state index in [9.17, 15) is 14.4 Å². The van der Waals surface area contributed by atoms with E-state index in [2.05, 4.69) is 15.5 Å². The lowest BCUT2D eigenvalue weighted by Gasteiger charge is -2.18. The van der Waals surface area contributed by atoms with E-state index in [0.717, 1.165) is 24.1 Å². The number of rotatable bonds is 6. The largest absolute Gasteiger partial charge is 0.369 e. The van der Waals surface area contributed by atoms with Gasteiger partial charge in [0.25, 0.3) is 0 Å². The van der Waals surface area contributed by atoms with Gasteiger partial charge < -0.3 is 16.0 Å². The van der Waals surface area contributed by atoms with Crippen LogP contribution in [0.4, 0.5) is 11.5 Å². The summed E-state index contributed by atoms with van der Waals surface area (Å²) in [6.45, 7) is 2.12. The van der Waals surface area contributed by atoms with E-state index < -0.39 is 11.8 Å². The molecule has 8 heteroatoms. The standard InChI is InChI=1S/C20H23N5O3/c1-11(20(28)22-17-9-16(23-24-17)13-2-3-13)12-4-6-15(7-5-12)25-10-14(19(21)27)8-18(25)26/h4-7,9,11,13-14H,2-3,8,10H2,1H3,(H2,21,27)(H2,22,23,24,28). The molecule has 146 valence electrons. The average molecular weight is 381 g/mol. The number of nitrogens with two attached hydrogens (primary N) is 1. The topological polar surface area (TPSA) is 121 Å². The predicted molar refractivity (Wildman–Crippen MR) is 104 cm³/mol. The molecule has 0 bridgehead atoms. The van der Waals surface area contributed by atoms with E-state index in [4.69, 9.17) is 5.73 Å². The Morgan fingerprint density at radius 1 is 1.29 bits per heavy atom. The van der Waals surface area contributed by atoms with Gasteiger partial charge in [-0.3, -0.25) is 19.5 Å². The van der Waals surface area contributed by atoms with E-state index in [-0.39, 0.29) is 24.2 Å². The number of primary amides is 1. The van der Waals surface area contributed by atoms with Crippen molar-refractivity contribution in [3.63, 3.8) is 0 Å². The Labute approximate surface area is 162 Å². The van der Waals surface area contributed by atoms with Crippen LogP contribution >= 0.6 is 0 Å². The molecule has 1 saturated carbocycles. The summed E-state index contributed by atoms with van der Waals surface area (Å²) in [5, 5.41) is 9.96. The van der Waals surface area contributed by atoms with Crippen molar-refractivity contribution >= 4 is 29.2 Å². The maximum absolute atomic E-state index is 12.5. The highest BCUT2D eigenvalue weighted by Crippen LogP contribution is 2.39. The summed E-state index contributed by atoms with van der Waals surface area (Å²) in [7, 11) is 0. The highest BCUT2D eigenvalue weighted by molar-refractivity contribution is 6.00. The minimum atomic E-state index is -0.457. The monoisotopic (exact) mass is 381 g/mol. The molecular weight excluding hydrogens is 358 g/mol. The van der Waals surface area contributed by atoms with Gasteiger partial charge in [0, 0.05) is 36.3 Å². The van der Waals surface area contributed by atoms with Gasteiger partial charge in [-0.05, 0) is 37.5 Å². The first-order valence-corrected chi connectivity index (χ1v) is 9.48. The molecule has 2 aliphatic rings. The highest BCUT2D eigenvalue weighted by atomic mass is 16.2. The molecule has 2 fully saturated rings. The molecule has 1 saturated heterocycles. The molecule has 0 radical (unpaired) electrons. The van der Waals surface area contributed by atoms with Crippen molar-refractivity contribution in [2.75, 3.05) is 16.8 Å². The second-order valence-corrected chi connectivity index (χ2v) is 7.59. The molecule has 3 amide bonds. The molecule has 28 heavy (non-hydrogen) atoms. The maximum Gasteiger partial charge on any atom is 0.232 e. The summed E-state index contributed by atoms with van der Waals surface area (Å²) in [5.41, 5.74) is 7.91. The van der Waals surface area contributed by atoms with Crippen LogP contribution in [0.25, 0.3) is 0 Å². The van der Waals surface area contributed by atoms with Crippen LogP contribution < -0.4 is 16.0 Å². The SMILES string of the molecule is CC(C(=O)Nc1cc(C2CC2)[nH]n1)c1ccc(N2CC(C(N)=O)CC2=O)cc1. The molecule has 2 aromatic rings. The maximum atomic E-state index is 12.5. The van der Waals surface area contributed by atoms with Crippen LogP contribution in [0.1, 0.15) is 49.3 Å². The molecule has 8 nitrogen and oxygen atoms in total. The third kappa shape index (κ3) is 3.62. The van der Waals surface area contributed by atoms with Crippen LogP contribution in [-0.2, 0) is 14.4 Å². The first kappa shape index (κ1) is 18.2. The van der Waals surface area contributed by atoms with Crippen molar-refractivity contribution in [2.24, 2.45) is 11.7 Å². The molecule has 1 aliphatic carbocycles. The molecule has 1 aliphatic heterocycles. The zero-order chi connectivity index (χ0) is 19.8. The van der Waals surface area contributed by atoms with E-state index in [1.165, 1.54) is 0 Å². The predicted octanol–water partition coefficient (Wildman–Crippen LogP) is 1.87. The van der Waals surface area contributed by atoms with E-state index in [1.807, 2.05) is 25.1 Å². The van der Waals surface area contributed by atoms with Crippen LogP contribution in [0.5, 0.6) is 0 Å². The summed E-state index contributed by atoms with van der Waals surface area (Å²) in [6.07, 6.45) is 2.47.